The van der Waals surface area contributed by atoms with Crippen LogP contribution < -0.4 is 10.1 Å². The summed E-state index contributed by atoms with van der Waals surface area (Å²) in [4.78, 5) is 12.2. The first-order valence-electron chi connectivity index (χ1n) is 7.83. The molecule has 0 bridgehead atoms. The lowest BCUT2D eigenvalue weighted by Crippen LogP contribution is -2.30. The lowest BCUT2D eigenvalue weighted by atomic mass is 10.2. The molecular weight excluding hydrogens is 310 g/mol. The molecule has 1 atom stereocenters. The fraction of sp³-hybridized carbons (Fsp3) is 0.412. The molecule has 0 saturated carbocycles. The average Bonchev–Trinajstić information content (AvgIpc) is 3.03. The molecule has 0 aliphatic rings. The first-order valence-corrected chi connectivity index (χ1v) is 7.83. The maximum Gasteiger partial charge on any atom is 0.341 e. The van der Waals surface area contributed by atoms with Gasteiger partial charge in [0.25, 0.3) is 0 Å². The molecule has 0 aliphatic heterocycles. The largest absolute Gasteiger partial charge is 0.497 e. The highest BCUT2D eigenvalue weighted by molar-refractivity contribution is 5.90. The SMILES string of the molecule is CCOC(=O)c1cnn(-c2ccc(OC)cc2)c1CNC(C)CO. The lowest BCUT2D eigenvalue weighted by molar-refractivity contribution is 0.0524. The Morgan fingerprint density at radius 2 is 2.08 bits per heavy atom. The molecule has 130 valence electrons. The Bertz CT molecular complexity index is 667. The number of aliphatic hydroxyl groups is 1. The smallest absolute Gasteiger partial charge is 0.341 e. The van der Waals surface area contributed by atoms with Gasteiger partial charge in [-0.2, -0.15) is 5.10 Å². The summed E-state index contributed by atoms with van der Waals surface area (Å²) in [5, 5.41) is 16.7. The van der Waals surface area contributed by atoms with Crippen LogP contribution in [0.1, 0.15) is 29.9 Å². The van der Waals surface area contributed by atoms with Crippen molar-refractivity contribution in [3.05, 3.63) is 41.7 Å². The summed E-state index contributed by atoms with van der Waals surface area (Å²) in [5.74, 6) is 0.329. The van der Waals surface area contributed by atoms with Crippen LogP contribution in [0.5, 0.6) is 5.75 Å². The first kappa shape index (κ1) is 18.0. The normalized spacial score (nSPS) is 12.0. The maximum atomic E-state index is 12.2. The lowest BCUT2D eigenvalue weighted by Gasteiger charge is -2.14. The summed E-state index contributed by atoms with van der Waals surface area (Å²) in [7, 11) is 1.60. The molecule has 0 spiro atoms. The van der Waals surface area contributed by atoms with Gasteiger partial charge in [-0.25, -0.2) is 9.48 Å². The van der Waals surface area contributed by atoms with Crippen LogP contribution in [0.25, 0.3) is 5.69 Å². The molecule has 1 aromatic carbocycles. The van der Waals surface area contributed by atoms with Gasteiger partial charge in [0, 0.05) is 12.6 Å². The monoisotopic (exact) mass is 333 g/mol. The Kier molecular flexibility index (Phi) is 6.34. The molecule has 0 radical (unpaired) electrons. The molecule has 24 heavy (non-hydrogen) atoms. The van der Waals surface area contributed by atoms with Gasteiger partial charge in [-0.15, -0.1) is 0 Å². The van der Waals surface area contributed by atoms with E-state index in [0.29, 0.717) is 24.4 Å². The number of aliphatic hydroxyl groups excluding tert-OH is 1. The van der Waals surface area contributed by atoms with E-state index in [0.717, 1.165) is 11.4 Å². The second kappa shape index (κ2) is 8.47. The van der Waals surface area contributed by atoms with E-state index >= 15 is 0 Å². The highest BCUT2D eigenvalue weighted by Gasteiger charge is 2.19. The minimum Gasteiger partial charge on any atom is -0.497 e. The van der Waals surface area contributed by atoms with E-state index in [1.807, 2.05) is 31.2 Å². The summed E-state index contributed by atoms with van der Waals surface area (Å²) in [6.07, 6.45) is 1.50. The van der Waals surface area contributed by atoms with Gasteiger partial charge in [0.05, 0.1) is 37.9 Å². The van der Waals surface area contributed by atoms with Crippen LogP contribution >= 0.6 is 0 Å². The van der Waals surface area contributed by atoms with E-state index < -0.39 is 5.97 Å². The Morgan fingerprint density at radius 3 is 2.67 bits per heavy atom. The molecule has 1 heterocycles. The van der Waals surface area contributed by atoms with E-state index in [1.54, 1.807) is 18.7 Å². The number of nitrogens with one attached hydrogen (secondary N) is 1. The highest BCUT2D eigenvalue weighted by atomic mass is 16.5. The van der Waals surface area contributed by atoms with Gasteiger partial charge in [0.2, 0.25) is 0 Å². The van der Waals surface area contributed by atoms with Gasteiger partial charge in [0.15, 0.2) is 0 Å². The topological polar surface area (TPSA) is 85.6 Å². The van der Waals surface area contributed by atoms with Crippen molar-refractivity contribution < 1.29 is 19.4 Å². The van der Waals surface area contributed by atoms with Gasteiger partial charge >= 0.3 is 5.97 Å². The van der Waals surface area contributed by atoms with Crippen LogP contribution in [0.2, 0.25) is 0 Å². The highest BCUT2D eigenvalue weighted by Crippen LogP contribution is 2.19. The molecule has 7 nitrogen and oxygen atoms in total. The van der Waals surface area contributed by atoms with Gasteiger partial charge < -0.3 is 19.9 Å². The third kappa shape index (κ3) is 4.12. The number of carbonyl (C=O) groups is 1. The third-order valence-corrected chi connectivity index (χ3v) is 3.57. The van der Waals surface area contributed by atoms with E-state index in [9.17, 15) is 9.90 Å². The quantitative estimate of drug-likeness (QED) is 0.713. The van der Waals surface area contributed by atoms with Gasteiger partial charge in [-0.3, -0.25) is 0 Å². The van der Waals surface area contributed by atoms with Gasteiger partial charge in [0.1, 0.15) is 11.3 Å². The number of hydrogen-bond acceptors (Lipinski definition) is 6. The number of benzene rings is 1. The summed E-state index contributed by atoms with van der Waals surface area (Å²) in [6.45, 7) is 4.30. The molecule has 0 fully saturated rings. The van der Waals surface area contributed by atoms with Crippen molar-refractivity contribution in [2.45, 2.75) is 26.4 Å². The summed E-state index contributed by atoms with van der Waals surface area (Å²) < 4.78 is 11.9. The Morgan fingerprint density at radius 1 is 1.38 bits per heavy atom. The fourth-order valence-electron chi connectivity index (χ4n) is 2.20. The molecule has 1 unspecified atom stereocenters. The van der Waals surface area contributed by atoms with E-state index in [-0.39, 0.29) is 12.6 Å². The van der Waals surface area contributed by atoms with Crippen LogP contribution in [0.3, 0.4) is 0 Å². The predicted molar refractivity (Wildman–Crippen MR) is 89.5 cm³/mol. The van der Waals surface area contributed by atoms with E-state index in [2.05, 4.69) is 10.4 Å². The van der Waals surface area contributed by atoms with Crippen molar-refractivity contribution in [2.75, 3.05) is 20.3 Å². The Hall–Kier alpha value is -2.38. The second-order valence-electron chi connectivity index (χ2n) is 5.30. The number of rotatable bonds is 8. The number of nitrogens with zero attached hydrogens (tertiary/aromatic N) is 2. The number of carbonyl (C=O) groups excluding carboxylic acids is 1. The van der Waals surface area contributed by atoms with Crippen LogP contribution in [0, 0.1) is 0 Å². The predicted octanol–water partition coefficient (Wildman–Crippen LogP) is 1.53. The zero-order valence-corrected chi connectivity index (χ0v) is 14.2. The van der Waals surface area contributed by atoms with Crippen molar-refractivity contribution in [2.24, 2.45) is 0 Å². The molecule has 7 heteroatoms. The molecule has 2 rings (SSSR count). The molecule has 2 aromatic rings. The summed E-state index contributed by atoms with van der Waals surface area (Å²) in [5.41, 5.74) is 1.89. The first-order chi connectivity index (χ1) is 11.6. The van der Waals surface area contributed by atoms with Crippen LogP contribution in [0.4, 0.5) is 0 Å². The van der Waals surface area contributed by atoms with Crippen molar-refractivity contribution in [1.82, 2.24) is 15.1 Å². The number of methoxy groups -OCH3 is 1. The molecule has 0 saturated heterocycles. The minimum absolute atomic E-state index is 0.00537. The second-order valence-corrected chi connectivity index (χ2v) is 5.30. The molecule has 0 amide bonds. The summed E-state index contributed by atoms with van der Waals surface area (Å²) >= 11 is 0. The van der Waals surface area contributed by atoms with Crippen LogP contribution in [0.15, 0.2) is 30.5 Å². The number of aromatic nitrogens is 2. The van der Waals surface area contributed by atoms with Crippen molar-refractivity contribution in [3.8, 4) is 11.4 Å². The maximum absolute atomic E-state index is 12.2. The van der Waals surface area contributed by atoms with Crippen molar-refractivity contribution in [3.63, 3.8) is 0 Å². The van der Waals surface area contributed by atoms with E-state index in [4.69, 9.17) is 9.47 Å². The fourth-order valence-corrected chi connectivity index (χ4v) is 2.20. The zero-order valence-electron chi connectivity index (χ0n) is 14.2. The van der Waals surface area contributed by atoms with Crippen LogP contribution in [-0.2, 0) is 11.3 Å². The van der Waals surface area contributed by atoms with Crippen molar-refractivity contribution >= 4 is 5.97 Å². The third-order valence-electron chi connectivity index (χ3n) is 3.57. The number of hydrogen-bond donors (Lipinski definition) is 2. The molecular formula is C17H23N3O4. The van der Waals surface area contributed by atoms with E-state index in [1.165, 1.54) is 6.20 Å². The minimum atomic E-state index is -0.411. The van der Waals surface area contributed by atoms with Crippen LogP contribution in [-0.4, -0.2) is 47.2 Å². The number of ether oxygens (including phenoxy) is 2. The van der Waals surface area contributed by atoms with Crippen molar-refractivity contribution in [1.29, 1.82) is 0 Å². The number of esters is 1. The summed E-state index contributed by atoms with van der Waals surface area (Å²) in [6, 6.07) is 7.28. The zero-order chi connectivity index (χ0) is 17.5. The van der Waals surface area contributed by atoms with Gasteiger partial charge in [-0.05, 0) is 38.1 Å². The molecule has 0 aliphatic carbocycles. The van der Waals surface area contributed by atoms with Gasteiger partial charge in [-0.1, -0.05) is 0 Å². The average molecular weight is 333 g/mol. The Labute approximate surface area is 141 Å². The standard InChI is InChI=1S/C17H23N3O4/c1-4-24-17(22)15-9-19-20(16(15)10-18-12(2)11-21)13-5-7-14(23-3)8-6-13/h5-9,12,18,21H,4,10-11H2,1-3H3. The molecule has 2 N–H and O–H groups in total. The Balaban J connectivity index is 2.36. The molecule has 1 aromatic heterocycles.